The van der Waals surface area contributed by atoms with Crippen molar-refractivity contribution in [1.29, 1.82) is 5.26 Å². The van der Waals surface area contributed by atoms with Crippen molar-refractivity contribution < 1.29 is 4.79 Å². The summed E-state index contributed by atoms with van der Waals surface area (Å²) in [5.74, 6) is -0.250. The summed E-state index contributed by atoms with van der Waals surface area (Å²) in [6.45, 7) is 2.97. The second-order valence-corrected chi connectivity index (χ2v) is 3.42. The molecule has 0 spiro atoms. The monoisotopic (exact) mass is 221 g/mol. The Morgan fingerprint density at radius 2 is 2.44 bits per heavy atom. The first-order valence-corrected chi connectivity index (χ1v) is 5.05. The standard InChI is InChI=1S/C10H15N5O/c1-3-15-7-8(12)9(13-15)10(16)14(2)6-4-5-11/h7H,3-4,6,12H2,1-2H3. The van der Waals surface area contributed by atoms with E-state index in [-0.39, 0.29) is 11.6 Å². The third-order valence-corrected chi connectivity index (χ3v) is 2.22. The molecule has 2 N–H and O–H groups in total. The fraction of sp³-hybridized carbons (Fsp3) is 0.500. The quantitative estimate of drug-likeness (QED) is 0.800. The number of carbonyl (C=O) groups is 1. The van der Waals surface area contributed by atoms with Crippen LogP contribution in [-0.4, -0.2) is 34.2 Å². The van der Waals surface area contributed by atoms with Crippen molar-refractivity contribution >= 4 is 11.6 Å². The zero-order valence-electron chi connectivity index (χ0n) is 9.47. The molecule has 0 aliphatic rings. The largest absolute Gasteiger partial charge is 0.396 e. The number of hydrogen-bond acceptors (Lipinski definition) is 4. The molecule has 16 heavy (non-hydrogen) atoms. The first-order valence-electron chi connectivity index (χ1n) is 5.05. The molecule has 0 aromatic carbocycles. The van der Waals surface area contributed by atoms with Gasteiger partial charge in [0.25, 0.3) is 5.91 Å². The molecule has 0 aliphatic heterocycles. The number of nitriles is 1. The summed E-state index contributed by atoms with van der Waals surface area (Å²) < 4.78 is 1.61. The maximum absolute atomic E-state index is 11.9. The Labute approximate surface area is 94.2 Å². The maximum Gasteiger partial charge on any atom is 0.276 e. The predicted molar refractivity (Wildman–Crippen MR) is 59.5 cm³/mol. The lowest BCUT2D eigenvalue weighted by Crippen LogP contribution is -2.28. The molecule has 0 bridgehead atoms. The van der Waals surface area contributed by atoms with Crippen molar-refractivity contribution in [3.05, 3.63) is 11.9 Å². The minimum absolute atomic E-state index is 0.250. The molecule has 1 amide bonds. The van der Waals surface area contributed by atoms with Gasteiger partial charge in [0, 0.05) is 26.3 Å². The molecule has 0 fully saturated rings. The Hall–Kier alpha value is -2.03. The summed E-state index contributed by atoms with van der Waals surface area (Å²) in [5.41, 5.74) is 6.31. The van der Waals surface area contributed by atoms with Crippen molar-refractivity contribution in [3.8, 4) is 6.07 Å². The van der Waals surface area contributed by atoms with E-state index in [1.165, 1.54) is 4.90 Å². The first kappa shape index (κ1) is 12.0. The van der Waals surface area contributed by atoms with E-state index < -0.39 is 0 Å². The van der Waals surface area contributed by atoms with Gasteiger partial charge in [0.15, 0.2) is 5.69 Å². The lowest BCUT2D eigenvalue weighted by Gasteiger charge is -2.13. The zero-order chi connectivity index (χ0) is 12.1. The van der Waals surface area contributed by atoms with Crippen LogP contribution in [0.25, 0.3) is 0 Å². The molecule has 86 valence electrons. The molecule has 0 saturated carbocycles. The molecule has 1 rings (SSSR count). The van der Waals surface area contributed by atoms with Gasteiger partial charge in [0.1, 0.15) is 0 Å². The fourth-order valence-electron chi connectivity index (χ4n) is 1.27. The van der Waals surface area contributed by atoms with Crippen LogP contribution in [0.4, 0.5) is 5.69 Å². The minimum Gasteiger partial charge on any atom is -0.396 e. The van der Waals surface area contributed by atoms with E-state index in [1.54, 1.807) is 17.9 Å². The molecule has 0 radical (unpaired) electrons. The number of nitrogens with zero attached hydrogens (tertiary/aromatic N) is 4. The molecule has 0 saturated heterocycles. The molecule has 0 unspecified atom stereocenters. The van der Waals surface area contributed by atoms with Gasteiger partial charge in [-0.25, -0.2) is 0 Å². The average molecular weight is 221 g/mol. The summed E-state index contributed by atoms with van der Waals surface area (Å²) in [5, 5.41) is 12.5. The fourth-order valence-corrected chi connectivity index (χ4v) is 1.27. The van der Waals surface area contributed by atoms with E-state index >= 15 is 0 Å². The molecule has 6 heteroatoms. The highest BCUT2D eigenvalue weighted by atomic mass is 16.2. The van der Waals surface area contributed by atoms with E-state index in [4.69, 9.17) is 11.0 Å². The predicted octanol–water partition coefficient (Wildman–Crippen LogP) is 0.471. The summed E-state index contributed by atoms with van der Waals surface area (Å²) in [7, 11) is 1.63. The number of amides is 1. The number of aryl methyl sites for hydroxylation is 1. The maximum atomic E-state index is 11.9. The summed E-state index contributed by atoms with van der Waals surface area (Å²) in [6.07, 6.45) is 1.93. The second-order valence-electron chi connectivity index (χ2n) is 3.42. The van der Waals surface area contributed by atoms with Crippen LogP contribution in [0.15, 0.2) is 6.20 Å². The lowest BCUT2D eigenvalue weighted by atomic mass is 10.3. The molecular formula is C10H15N5O. The number of nitrogen functional groups attached to an aromatic ring is 1. The number of carbonyl (C=O) groups excluding carboxylic acids is 1. The number of anilines is 1. The highest BCUT2D eigenvalue weighted by Crippen LogP contribution is 2.11. The summed E-state index contributed by atoms with van der Waals surface area (Å²) in [4.78, 5) is 13.3. The van der Waals surface area contributed by atoms with Crippen LogP contribution < -0.4 is 5.73 Å². The van der Waals surface area contributed by atoms with E-state index in [1.807, 2.05) is 13.0 Å². The number of rotatable bonds is 4. The summed E-state index contributed by atoms with van der Waals surface area (Å²) in [6, 6.07) is 1.99. The molecule has 1 aromatic heterocycles. The van der Waals surface area contributed by atoms with Crippen LogP contribution in [0.5, 0.6) is 0 Å². The van der Waals surface area contributed by atoms with Crippen molar-refractivity contribution in [2.24, 2.45) is 0 Å². The second kappa shape index (κ2) is 5.16. The van der Waals surface area contributed by atoms with Gasteiger partial charge >= 0.3 is 0 Å². The number of nitrogens with two attached hydrogens (primary N) is 1. The van der Waals surface area contributed by atoms with E-state index in [0.717, 1.165) is 0 Å². The van der Waals surface area contributed by atoms with Crippen molar-refractivity contribution in [2.45, 2.75) is 19.9 Å². The van der Waals surface area contributed by atoms with Gasteiger partial charge in [-0.05, 0) is 6.92 Å². The topological polar surface area (TPSA) is 87.9 Å². The van der Waals surface area contributed by atoms with Gasteiger partial charge in [-0.3, -0.25) is 9.48 Å². The normalized spacial score (nSPS) is 9.81. The van der Waals surface area contributed by atoms with E-state index in [9.17, 15) is 4.79 Å². The highest BCUT2D eigenvalue weighted by Gasteiger charge is 2.18. The third kappa shape index (κ3) is 2.51. The van der Waals surface area contributed by atoms with Crippen LogP contribution in [-0.2, 0) is 6.54 Å². The Morgan fingerprint density at radius 1 is 1.75 bits per heavy atom. The van der Waals surface area contributed by atoms with Gasteiger partial charge in [0.05, 0.1) is 18.2 Å². The molecule has 0 atom stereocenters. The number of aromatic nitrogens is 2. The van der Waals surface area contributed by atoms with Crippen molar-refractivity contribution in [3.63, 3.8) is 0 Å². The number of hydrogen-bond donors (Lipinski definition) is 1. The van der Waals surface area contributed by atoms with Gasteiger partial charge in [-0.1, -0.05) is 0 Å². The van der Waals surface area contributed by atoms with Crippen LogP contribution >= 0.6 is 0 Å². The Balaban J connectivity index is 2.79. The smallest absolute Gasteiger partial charge is 0.276 e. The van der Waals surface area contributed by atoms with Gasteiger partial charge < -0.3 is 10.6 Å². The van der Waals surface area contributed by atoms with E-state index in [2.05, 4.69) is 5.10 Å². The lowest BCUT2D eigenvalue weighted by molar-refractivity contribution is 0.0792. The Morgan fingerprint density at radius 3 is 2.94 bits per heavy atom. The molecule has 6 nitrogen and oxygen atoms in total. The molecule has 0 aliphatic carbocycles. The van der Waals surface area contributed by atoms with Crippen LogP contribution in [0, 0.1) is 11.3 Å². The highest BCUT2D eigenvalue weighted by molar-refractivity contribution is 5.96. The molecular weight excluding hydrogens is 206 g/mol. The van der Waals surface area contributed by atoms with Crippen LogP contribution in [0.2, 0.25) is 0 Å². The molecule has 1 aromatic rings. The zero-order valence-corrected chi connectivity index (χ0v) is 9.47. The van der Waals surface area contributed by atoms with Gasteiger partial charge in [-0.15, -0.1) is 0 Å². The average Bonchev–Trinajstić information content (AvgIpc) is 2.66. The van der Waals surface area contributed by atoms with Gasteiger partial charge in [0.2, 0.25) is 0 Å². The first-order chi connectivity index (χ1) is 7.60. The van der Waals surface area contributed by atoms with Crippen LogP contribution in [0.3, 0.4) is 0 Å². The van der Waals surface area contributed by atoms with Crippen molar-refractivity contribution in [1.82, 2.24) is 14.7 Å². The third-order valence-electron chi connectivity index (χ3n) is 2.22. The molecule has 1 heterocycles. The Kier molecular flexibility index (Phi) is 3.89. The minimum atomic E-state index is -0.250. The SMILES string of the molecule is CCn1cc(N)c(C(=O)N(C)CCC#N)n1. The van der Waals surface area contributed by atoms with Gasteiger partial charge in [-0.2, -0.15) is 10.4 Å². The van der Waals surface area contributed by atoms with E-state index in [0.29, 0.717) is 25.2 Å². The Bertz CT molecular complexity index is 417. The van der Waals surface area contributed by atoms with Crippen LogP contribution in [0.1, 0.15) is 23.8 Å². The van der Waals surface area contributed by atoms with Crippen molar-refractivity contribution in [2.75, 3.05) is 19.3 Å². The summed E-state index contributed by atoms with van der Waals surface area (Å²) >= 11 is 0.